The fourth-order valence-corrected chi connectivity index (χ4v) is 4.59. The summed E-state index contributed by atoms with van der Waals surface area (Å²) >= 11 is 0. The van der Waals surface area contributed by atoms with Crippen molar-refractivity contribution in [2.75, 3.05) is 30.7 Å². The molecule has 1 atom stereocenters. The Bertz CT molecular complexity index is 965. The van der Waals surface area contributed by atoms with Crippen LogP contribution in [0.15, 0.2) is 30.0 Å². The molecular weight excluding hydrogens is 400 g/mol. The average Bonchev–Trinajstić information content (AvgIpc) is 3.29. The number of nitrogen functional groups attached to an aromatic ring is 1. The number of aromatic nitrogens is 2. The number of fused-ring (bicyclic) bond motifs is 1. The number of carbonyl (C=O) groups is 1. The van der Waals surface area contributed by atoms with E-state index in [0.29, 0.717) is 12.4 Å². The number of likely N-dealkylation sites (tertiary alicyclic amines) is 1. The highest BCUT2D eigenvalue weighted by atomic mass is 16.1. The van der Waals surface area contributed by atoms with Crippen LogP contribution in [0, 0.1) is 0 Å². The second-order valence-corrected chi connectivity index (χ2v) is 8.80. The van der Waals surface area contributed by atoms with E-state index in [-0.39, 0.29) is 5.95 Å². The van der Waals surface area contributed by atoms with E-state index in [1.165, 1.54) is 37.1 Å². The molecule has 0 spiro atoms. The summed E-state index contributed by atoms with van der Waals surface area (Å²) in [6, 6.07) is 8.32. The molecule has 0 saturated carbocycles. The van der Waals surface area contributed by atoms with Crippen molar-refractivity contribution in [3.8, 4) is 0 Å². The molecule has 3 heterocycles. The lowest BCUT2D eigenvalue weighted by molar-refractivity contribution is -0.112. The van der Waals surface area contributed by atoms with Gasteiger partial charge in [0.1, 0.15) is 18.1 Å². The van der Waals surface area contributed by atoms with Crippen molar-refractivity contribution in [1.29, 1.82) is 0 Å². The number of nitrogens with two attached hydrogens (primary N) is 1. The summed E-state index contributed by atoms with van der Waals surface area (Å²) in [5.74, 6) is 0.881. The largest absolute Gasteiger partial charge is 0.370 e. The van der Waals surface area contributed by atoms with Crippen molar-refractivity contribution in [3.63, 3.8) is 0 Å². The summed E-state index contributed by atoms with van der Waals surface area (Å²) < 4.78 is 0. The maximum atomic E-state index is 12.3. The third-order valence-electron chi connectivity index (χ3n) is 6.36. The van der Waals surface area contributed by atoms with Gasteiger partial charge in [0, 0.05) is 25.3 Å². The third-order valence-corrected chi connectivity index (χ3v) is 6.36. The van der Waals surface area contributed by atoms with E-state index in [2.05, 4.69) is 56.3 Å². The molecule has 1 fully saturated rings. The number of carbonyl (C=O) groups excluding carboxylic acids is 1. The number of hydrogen-bond donors (Lipinski definition) is 2. The standard InChI is InChI=1S/C25H34N6O/c1-3-4-11-27-24-23-21(28-25(26)29-24)14-18(2)31(22(23)17-32)16-20-9-7-19(8-10-20)15-30-12-5-6-13-30/h7-10,14,17,22H,3-6,11-13,15-16H2,1-2H3,(H3,26,27,28,29). The Hall–Kier alpha value is -2.93. The van der Waals surface area contributed by atoms with Crippen LogP contribution in [0.1, 0.15) is 68.0 Å². The summed E-state index contributed by atoms with van der Waals surface area (Å²) in [5, 5.41) is 3.37. The quantitative estimate of drug-likeness (QED) is 0.456. The van der Waals surface area contributed by atoms with Crippen LogP contribution in [0.4, 0.5) is 11.8 Å². The van der Waals surface area contributed by atoms with E-state index >= 15 is 0 Å². The van der Waals surface area contributed by atoms with Crippen LogP contribution in [0.5, 0.6) is 0 Å². The smallest absolute Gasteiger partial charge is 0.222 e. The Kier molecular flexibility index (Phi) is 7.05. The fraction of sp³-hybridized carbons (Fsp3) is 0.480. The summed E-state index contributed by atoms with van der Waals surface area (Å²) in [7, 11) is 0. The van der Waals surface area contributed by atoms with Gasteiger partial charge in [0.05, 0.1) is 11.3 Å². The second-order valence-electron chi connectivity index (χ2n) is 8.80. The number of nitrogens with one attached hydrogen (secondary N) is 1. The lowest BCUT2D eigenvalue weighted by Gasteiger charge is -2.36. The van der Waals surface area contributed by atoms with Gasteiger partial charge in [-0.25, -0.2) is 4.98 Å². The van der Waals surface area contributed by atoms with Crippen LogP contribution < -0.4 is 11.1 Å². The van der Waals surface area contributed by atoms with Crippen LogP contribution in [-0.4, -0.2) is 45.7 Å². The van der Waals surface area contributed by atoms with Gasteiger partial charge in [-0.1, -0.05) is 37.6 Å². The number of nitrogens with zero attached hydrogens (tertiary/aromatic N) is 4. The second kappa shape index (κ2) is 10.1. The number of unbranched alkanes of at least 4 members (excludes halogenated alkanes) is 1. The van der Waals surface area contributed by atoms with Gasteiger partial charge in [-0.05, 0) is 56.5 Å². The van der Waals surface area contributed by atoms with Crippen LogP contribution in [0.3, 0.4) is 0 Å². The first-order valence-corrected chi connectivity index (χ1v) is 11.7. The Morgan fingerprint density at radius 3 is 2.47 bits per heavy atom. The number of aldehydes is 1. The van der Waals surface area contributed by atoms with Crippen LogP contribution in [0.2, 0.25) is 0 Å². The maximum Gasteiger partial charge on any atom is 0.222 e. The van der Waals surface area contributed by atoms with Crippen molar-refractivity contribution in [2.45, 2.75) is 58.7 Å². The van der Waals surface area contributed by atoms with Crippen molar-refractivity contribution in [3.05, 3.63) is 52.3 Å². The predicted octanol–water partition coefficient (Wildman–Crippen LogP) is 3.98. The number of rotatable bonds is 9. The van der Waals surface area contributed by atoms with E-state index in [1.807, 2.05) is 13.0 Å². The average molecular weight is 435 g/mol. The zero-order chi connectivity index (χ0) is 22.5. The van der Waals surface area contributed by atoms with Gasteiger partial charge in [0.25, 0.3) is 0 Å². The monoisotopic (exact) mass is 434 g/mol. The molecule has 0 amide bonds. The van der Waals surface area contributed by atoms with Gasteiger partial charge in [0.15, 0.2) is 0 Å². The van der Waals surface area contributed by atoms with E-state index in [1.54, 1.807) is 0 Å². The first-order valence-electron chi connectivity index (χ1n) is 11.7. The Labute approximate surface area is 190 Å². The molecule has 170 valence electrons. The molecule has 0 radical (unpaired) electrons. The number of anilines is 2. The van der Waals surface area contributed by atoms with Crippen molar-refractivity contribution < 1.29 is 4.79 Å². The molecule has 0 aliphatic carbocycles. The molecule has 1 aromatic carbocycles. The molecule has 3 N–H and O–H groups in total. The molecule has 1 saturated heterocycles. The summed E-state index contributed by atoms with van der Waals surface area (Å²) in [4.78, 5) is 25.8. The Morgan fingerprint density at radius 2 is 1.81 bits per heavy atom. The van der Waals surface area contributed by atoms with Gasteiger partial charge in [-0.2, -0.15) is 4.98 Å². The summed E-state index contributed by atoms with van der Waals surface area (Å²) in [6.45, 7) is 8.99. The molecule has 7 heteroatoms. The highest BCUT2D eigenvalue weighted by molar-refractivity contribution is 5.75. The summed E-state index contributed by atoms with van der Waals surface area (Å²) in [5.41, 5.74) is 11.0. The van der Waals surface area contributed by atoms with Crippen molar-refractivity contribution >= 4 is 24.1 Å². The molecule has 2 aliphatic rings. The molecule has 1 aromatic heterocycles. The van der Waals surface area contributed by atoms with Gasteiger partial charge in [-0.3, -0.25) is 4.90 Å². The zero-order valence-electron chi connectivity index (χ0n) is 19.2. The van der Waals surface area contributed by atoms with Crippen LogP contribution in [0.25, 0.3) is 6.08 Å². The third kappa shape index (κ3) is 4.93. The minimum Gasteiger partial charge on any atom is -0.370 e. The molecular formula is C25H34N6O. The predicted molar refractivity (Wildman–Crippen MR) is 129 cm³/mol. The number of allylic oxidation sites excluding steroid dienone is 1. The SMILES string of the molecule is CCCCNc1nc(N)nc2c1C(C=O)N(Cc1ccc(CN3CCCC3)cc1)C(C)=C2. The van der Waals surface area contributed by atoms with Gasteiger partial charge in [-0.15, -0.1) is 0 Å². The number of benzene rings is 1. The van der Waals surface area contributed by atoms with E-state index < -0.39 is 6.04 Å². The highest BCUT2D eigenvalue weighted by Gasteiger charge is 2.31. The maximum absolute atomic E-state index is 12.3. The van der Waals surface area contributed by atoms with Crippen LogP contribution in [-0.2, 0) is 17.9 Å². The lowest BCUT2D eigenvalue weighted by Crippen LogP contribution is -2.32. The molecule has 4 rings (SSSR count). The van der Waals surface area contributed by atoms with Crippen LogP contribution >= 0.6 is 0 Å². The molecule has 32 heavy (non-hydrogen) atoms. The van der Waals surface area contributed by atoms with E-state index in [4.69, 9.17) is 5.73 Å². The lowest BCUT2D eigenvalue weighted by atomic mass is 9.98. The Balaban J connectivity index is 1.55. The van der Waals surface area contributed by atoms with Gasteiger partial charge in [0.2, 0.25) is 5.95 Å². The minimum absolute atomic E-state index is 0.221. The molecule has 2 aliphatic heterocycles. The zero-order valence-corrected chi connectivity index (χ0v) is 19.2. The molecule has 2 aromatic rings. The van der Waals surface area contributed by atoms with Gasteiger partial charge >= 0.3 is 0 Å². The first kappa shape index (κ1) is 22.3. The molecule has 0 bridgehead atoms. The normalized spacial score (nSPS) is 18.4. The van der Waals surface area contributed by atoms with Gasteiger partial charge < -0.3 is 20.7 Å². The summed E-state index contributed by atoms with van der Waals surface area (Å²) in [6.07, 6.45) is 7.69. The first-order chi connectivity index (χ1) is 15.6. The molecule has 7 nitrogen and oxygen atoms in total. The molecule has 1 unspecified atom stereocenters. The van der Waals surface area contributed by atoms with Crippen molar-refractivity contribution in [2.24, 2.45) is 0 Å². The number of hydrogen-bond acceptors (Lipinski definition) is 7. The topological polar surface area (TPSA) is 87.4 Å². The fourth-order valence-electron chi connectivity index (χ4n) is 4.59. The minimum atomic E-state index is -0.455. The highest BCUT2D eigenvalue weighted by Crippen LogP contribution is 2.37. The van der Waals surface area contributed by atoms with E-state index in [9.17, 15) is 4.79 Å². The van der Waals surface area contributed by atoms with E-state index in [0.717, 1.165) is 49.2 Å². The Morgan fingerprint density at radius 1 is 1.12 bits per heavy atom. The van der Waals surface area contributed by atoms with Crippen molar-refractivity contribution in [1.82, 2.24) is 19.8 Å².